The van der Waals surface area contributed by atoms with E-state index >= 15 is 0 Å². The predicted octanol–water partition coefficient (Wildman–Crippen LogP) is 0.893. The monoisotopic (exact) mass is 346 g/mol. The zero-order chi connectivity index (χ0) is 18.2. The van der Waals surface area contributed by atoms with Gasteiger partial charge in [-0.1, -0.05) is 24.8 Å². The molecule has 7 nitrogen and oxygen atoms in total. The van der Waals surface area contributed by atoms with Crippen LogP contribution in [0.5, 0.6) is 0 Å². The third-order valence-corrected chi connectivity index (χ3v) is 3.93. The van der Waals surface area contributed by atoms with E-state index in [2.05, 4.69) is 16.6 Å². The van der Waals surface area contributed by atoms with E-state index in [1.165, 1.54) is 13.2 Å². The number of nitrogens with one attached hydrogen (secondary N) is 1. The predicted molar refractivity (Wildman–Crippen MR) is 90.8 cm³/mol. The average Bonchev–Trinajstić information content (AvgIpc) is 2.65. The van der Waals surface area contributed by atoms with Gasteiger partial charge in [0.15, 0.2) is 0 Å². The van der Waals surface area contributed by atoms with Crippen LogP contribution in [-0.2, 0) is 25.6 Å². The van der Waals surface area contributed by atoms with E-state index in [-0.39, 0.29) is 36.9 Å². The van der Waals surface area contributed by atoms with Crippen molar-refractivity contribution in [2.75, 3.05) is 26.8 Å². The number of ether oxygens (including phenoxy) is 2. The largest absolute Gasteiger partial charge is 0.469 e. The lowest BCUT2D eigenvalue weighted by Gasteiger charge is -2.33. The molecule has 1 aromatic rings. The third-order valence-electron chi connectivity index (χ3n) is 3.93. The van der Waals surface area contributed by atoms with Crippen molar-refractivity contribution in [3.8, 4) is 0 Å². The molecule has 25 heavy (non-hydrogen) atoms. The van der Waals surface area contributed by atoms with Gasteiger partial charge < -0.3 is 19.7 Å². The van der Waals surface area contributed by atoms with Crippen LogP contribution in [0.15, 0.2) is 36.9 Å². The molecule has 7 heteroatoms. The smallest absolute Gasteiger partial charge is 0.308 e. The number of rotatable bonds is 6. The zero-order valence-electron chi connectivity index (χ0n) is 14.2. The number of hydrogen-bond donors (Lipinski definition) is 1. The number of amides is 2. The second-order valence-corrected chi connectivity index (χ2v) is 5.60. The number of morpholine rings is 1. The maximum atomic E-state index is 12.9. The molecule has 1 N–H and O–H groups in total. The Kier molecular flexibility index (Phi) is 6.71. The van der Waals surface area contributed by atoms with Gasteiger partial charge in [-0.15, -0.1) is 0 Å². The van der Waals surface area contributed by atoms with E-state index in [1.54, 1.807) is 23.1 Å². The van der Waals surface area contributed by atoms with Crippen LogP contribution in [0.25, 0.3) is 0 Å². The van der Waals surface area contributed by atoms with Gasteiger partial charge in [-0.25, -0.2) is 0 Å². The number of esters is 1. The standard InChI is InChI=1S/C18H22N2O5/c1-3-16(21)19-11-13-6-4-5-7-15(13)18(23)20-8-9-25-14(12-20)10-17(22)24-2/h3-7,14H,1,8-12H2,2H3,(H,19,21). The molecule has 134 valence electrons. The summed E-state index contributed by atoms with van der Waals surface area (Å²) in [5.41, 5.74) is 1.24. The van der Waals surface area contributed by atoms with Gasteiger partial charge in [0.1, 0.15) is 0 Å². The Bertz CT molecular complexity index is 659. The minimum Gasteiger partial charge on any atom is -0.469 e. The van der Waals surface area contributed by atoms with Crippen molar-refractivity contribution in [3.63, 3.8) is 0 Å². The fourth-order valence-corrected chi connectivity index (χ4v) is 2.60. The minimum absolute atomic E-state index is 0.108. The average molecular weight is 346 g/mol. The van der Waals surface area contributed by atoms with Crippen molar-refractivity contribution in [1.29, 1.82) is 0 Å². The van der Waals surface area contributed by atoms with E-state index < -0.39 is 0 Å². The number of carbonyl (C=O) groups is 3. The lowest BCUT2D eigenvalue weighted by atomic mass is 10.1. The maximum absolute atomic E-state index is 12.9. The summed E-state index contributed by atoms with van der Waals surface area (Å²) in [5, 5.41) is 2.68. The summed E-state index contributed by atoms with van der Waals surface area (Å²) in [7, 11) is 1.32. The Balaban J connectivity index is 2.07. The van der Waals surface area contributed by atoms with Crippen LogP contribution in [-0.4, -0.2) is 55.6 Å². The summed E-state index contributed by atoms with van der Waals surface area (Å²) >= 11 is 0. The molecule has 0 aliphatic carbocycles. The Morgan fingerprint density at radius 1 is 1.40 bits per heavy atom. The topological polar surface area (TPSA) is 84.9 Å². The number of hydrogen-bond acceptors (Lipinski definition) is 5. The SMILES string of the molecule is C=CC(=O)NCc1ccccc1C(=O)N1CCOC(CC(=O)OC)C1. The molecule has 0 aromatic heterocycles. The highest BCUT2D eigenvalue weighted by Gasteiger charge is 2.27. The van der Waals surface area contributed by atoms with Crippen LogP contribution in [0.1, 0.15) is 22.3 Å². The van der Waals surface area contributed by atoms with Gasteiger partial charge >= 0.3 is 5.97 Å². The van der Waals surface area contributed by atoms with Crippen LogP contribution >= 0.6 is 0 Å². The molecule has 0 bridgehead atoms. The molecule has 0 radical (unpaired) electrons. The Morgan fingerprint density at radius 3 is 2.88 bits per heavy atom. The second-order valence-electron chi connectivity index (χ2n) is 5.60. The van der Waals surface area contributed by atoms with Crippen molar-refractivity contribution < 1.29 is 23.9 Å². The van der Waals surface area contributed by atoms with Gasteiger partial charge in [0.05, 0.1) is 26.2 Å². The molecule has 1 aliphatic heterocycles. The van der Waals surface area contributed by atoms with Crippen molar-refractivity contribution >= 4 is 17.8 Å². The van der Waals surface area contributed by atoms with E-state index in [1.807, 2.05) is 6.07 Å². The van der Waals surface area contributed by atoms with Gasteiger partial charge in [0.25, 0.3) is 5.91 Å². The van der Waals surface area contributed by atoms with Crippen LogP contribution in [0.4, 0.5) is 0 Å². The highest BCUT2D eigenvalue weighted by Crippen LogP contribution is 2.16. The highest BCUT2D eigenvalue weighted by molar-refractivity contribution is 5.96. The van der Waals surface area contributed by atoms with Crippen LogP contribution in [0.3, 0.4) is 0 Å². The lowest BCUT2D eigenvalue weighted by molar-refractivity contribution is -0.145. The quantitative estimate of drug-likeness (QED) is 0.611. The van der Waals surface area contributed by atoms with E-state index in [4.69, 9.17) is 4.74 Å². The first-order chi connectivity index (χ1) is 12.0. The third kappa shape index (κ3) is 5.15. The minimum atomic E-state index is -0.377. The summed E-state index contributed by atoms with van der Waals surface area (Å²) in [6.45, 7) is 4.78. The molecule has 1 saturated heterocycles. The van der Waals surface area contributed by atoms with Gasteiger partial charge in [-0.05, 0) is 17.7 Å². The van der Waals surface area contributed by atoms with Crippen molar-refractivity contribution in [3.05, 3.63) is 48.0 Å². The fourth-order valence-electron chi connectivity index (χ4n) is 2.60. The zero-order valence-corrected chi connectivity index (χ0v) is 14.2. The van der Waals surface area contributed by atoms with Crippen molar-refractivity contribution in [1.82, 2.24) is 10.2 Å². The molecular formula is C18H22N2O5. The van der Waals surface area contributed by atoms with Gasteiger partial charge in [-0.2, -0.15) is 0 Å². The summed E-state index contributed by atoms with van der Waals surface area (Å²) < 4.78 is 10.2. The molecule has 1 atom stereocenters. The van der Waals surface area contributed by atoms with Gasteiger partial charge in [0, 0.05) is 25.2 Å². The molecule has 1 aromatic carbocycles. The Morgan fingerprint density at radius 2 is 2.16 bits per heavy atom. The molecule has 2 rings (SSSR count). The molecule has 0 spiro atoms. The highest BCUT2D eigenvalue weighted by atomic mass is 16.5. The number of methoxy groups -OCH3 is 1. The fraction of sp³-hybridized carbons (Fsp3) is 0.389. The molecule has 1 unspecified atom stereocenters. The number of carbonyl (C=O) groups excluding carboxylic acids is 3. The maximum Gasteiger partial charge on any atom is 0.308 e. The van der Waals surface area contributed by atoms with Crippen molar-refractivity contribution in [2.45, 2.75) is 19.1 Å². The number of nitrogens with zero attached hydrogens (tertiary/aromatic N) is 1. The Labute approximate surface area is 146 Å². The molecule has 2 amide bonds. The first-order valence-electron chi connectivity index (χ1n) is 8.01. The molecule has 1 fully saturated rings. The summed E-state index contributed by atoms with van der Waals surface area (Å²) in [6.07, 6.45) is 0.916. The first-order valence-corrected chi connectivity index (χ1v) is 8.01. The van der Waals surface area contributed by atoms with Gasteiger partial charge in [0.2, 0.25) is 5.91 Å². The molecule has 1 heterocycles. The first kappa shape index (κ1) is 18.7. The Hall–Kier alpha value is -2.67. The summed E-state index contributed by atoms with van der Waals surface area (Å²) in [6, 6.07) is 7.11. The van der Waals surface area contributed by atoms with Crippen LogP contribution < -0.4 is 5.32 Å². The van der Waals surface area contributed by atoms with Crippen LogP contribution in [0, 0.1) is 0 Å². The lowest BCUT2D eigenvalue weighted by Crippen LogP contribution is -2.46. The van der Waals surface area contributed by atoms with E-state index in [9.17, 15) is 14.4 Å². The van der Waals surface area contributed by atoms with E-state index in [0.29, 0.717) is 25.3 Å². The van der Waals surface area contributed by atoms with Crippen molar-refractivity contribution in [2.24, 2.45) is 0 Å². The molecular weight excluding hydrogens is 324 g/mol. The summed E-state index contributed by atoms with van der Waals surface area (Å²) in [4.78, 5) is 37.3. The normalized spacial score (nSPS) is 16.8. The van der Waals surface area contributed by atoms with Crippen LogP contribution in [0.2, 0.25) is 0 Å². The number of benzene rings is 1. The molecule has 0 saturated carbocycles. The second kappa shape index (κ2) is 8.98. The van der Waals surface area contributed by atoms with E-state index in [0.717, 1.165) is 5.56 Å². The van der Waals surface area contributed by atoms with Gasteiger partial charge in [-0.3, -0.25) is 14.4 Å². The molecule has 1 aliphatic rings. The summed E-state index contributed by atoms with van der Waals surface area (Å²) in [5.74, 6) is -0.819.